The fourth-order valence-corrected chi connectivity index (χ4v) is 4.26. The largest absolute Gasteiger partial charge is 0.496 e. The van der Waals surface area contributed by atoms with E-state index in [1.54, 1.807) is 33.9 Å². The summed E-state index contributed by atoms with van der Waals surface area (Å²) in [5.41, 5.74) is 1.94. The number of carboxylic acid groups (broad SMARTS) is 1. The molecular weight excluding hydrogens is 450 g/mol. The maximum Gasteiger partial charge on any atom is 0.410 e. The number of amides is 3. The van der Waals surface area contributed by atoms with Gasteiger partial charge in [-0.25, -0.2) is 14.4 Å². The van der Waals surface area contributed by atoms with Crippen LogP contribution in [0.5, 0.6) is 0 Å². The third-order valence-electron chi connectivity index (χ3n) is 5.85. The topological polar surface area (TPSA) is 99.6 Å². The highest BCUT2D eigenvalue weighted by molar-refractivity contribution is 6.07. The number of methoxy groups -OCH3 is 1. The van der Waals surface area contributed by atoms with Crippen LogP contribution in [0.2, 0.25) is 0 Å². The smallest absolute Gasteiger partial charge is 0.410 e. The fourth-order valence-electron chi connectivity index (χ4n) is 4.26. The second-order valence-corrected chi connectivity index (χ2v) is 9.38. The predicted octanol–water partition coefficient (Wildman–Crippen LogP) is 4.41. The van der Waals surface area contributed by atoms with E-state index < -0.39 is 29.7 Å². The number of ether oxygens (including phenoxy) is 2. The molecule has 3 amide bonds. The van der Waals surface area contributed by atoms with E-state index in [-0.39, 0.29) is 19.6 Å². The molecular formula is C26H29N3O6. The molecule has 1 atom stereocenters. The van der Waals surface area contributed by atoms with Crippen molar-refractivity contribution in [2.24, 2.45) is 0 Å². The average molecular weight is 480 g/mol. The number of nitrogens with zero attached hydrogens (tertiary/aromatic N) is 3. The molecule has 1 fully saturated rings. The van der Waals surface area contributed by atoms with Crippen LogP contribution in [-0.4, -0.2) is 71.4 Å². The number of para-hydroxylation sites is 2. The van der Waals surface area contributed by atoms with Crippen molar-refractivity contribution in [3.8, 4) is 0 Å². The first-order valence-corrected chi connectivity index (χ1v) is 11.4. The summed E-state index contributed by atoms with van der Waals surface area (Å²) in [4.78, 5) is 43.0. The van der Waals surface area contributed by atoms with Gasteiger partial charge in [0.25, 0.3) is 0 Å². The summed E-state index contributed by atoms with van der Waals surface area (Å²) >= 11 is 0. The van der Waals surface area contributed by atoms with Crippen molar-refractivity contribution in [2.75, 3.05) is 31.6 Å². The number of hydrogen-bond donors (Lipinski definition) is 1. The van der Waals surface area contributed by atoms with Gasteiger partial charge in [-0.3, -0.25) is 4.90 Å². The number of carboxylic acids is 1. The number of urea groups is 1. The molecule has 0 bridgehead atoms. The Labute approximate surface area is 204 Å². The van der Waals surface area contributed by atoms with Crippen LogP contribution < -0.4 is 4.90 Å². The minimum absolute atomic E-state index is 0.0421. The first-order chi connectivity index (χ1) is 16.6. The number of benzene rings is 2. The monoisotopic (exact) mass is 479 g/mol. The Balaban J connectivity index is 1.71. The van der Waals surface area contributed by atoms with Gasteiger partial charge in [0.15, 0.2) is 0 Å². The van der Waals surface area contributed by atoms with Crippen LogP contribution in [0.1, 0.15) is 31.9 Å². The van der Waals surface area contributed by atoms with Crippen molar-refractivity contribution in [1.29, 1.82) is 0 Å². The maximum absolute atomic E-state index is 14.0. The standard InChI is InChI=1S/C26H29N3O6/c1-26(2,3)35-25(33)27-13-14-28(21(16-27)23(30)31)24(32)29-19-11-7-5-9-17(19)15-22(34-4)18-10-6-8-12-20(18)29/h5-12,15,21H,13-14,16H2,1-4H3,(H,30,31)/t21-/m0/s1. The number of carbonyl (C=O) groups excluding carboxylic acids is 2. The molecule has 2 aromatic carbocycles. The summed E-state index contributed by atoms with van der Waals surface area (Å²) in [5, 5.41) is 9.99. The van der Waals surface area contributed by atoms with Crippen LogP contribution in [0.25, 0.3) is 11.8 Å². The summed E-state index contributed by atoms with van der Waals surface area (Å²) in [6.45, 7) is 5.26. The van der Waals surface area contributed by atoms with Gasteiger partial charge in [-0.2, -0.15) is 0 Å². The van der Waals surface area contributed by atoms with E-state index in [9.17, 15) is 19.5 Å². The molecule has 0 spiro atoms. The SMILES string of the molecule is COC1=Cc2ccccc2N(C(=O)N2CCN(C(=O)OC(C)(C)C)C[C@H]2C(=O)O)c2ccccc21. The van der Waals surface area contributed by atoms with E-state index in [1.807, 2.05) is 48.5 Å². The van der Waals surface area contributed by atoms with Crippen molar-refractivity contribution < 1.29 is 29.0 Å². The van der Waals surface area contributed by atoms with E-state index in [0.29, 0.717) is 22.7 Å². The Kier molecular flexibility index (Phi) is 6.43. The van der Waals surface area contributed by atoms with Gasteiger partial charge in [0, 0.05) is 24.2 Å². The highest BCUT2D eigenvalue weighted by atomic mass is 16.6. The Morgan fingerprint density at radius 2 is 1.63 bits per heavy atom. The Hall–Kier alpha value is -4.01. The molecule has 9 nitrogen and oxygen atoms in total. The number of fused-ring (bicyclic) bond motifs is 2. The van der Waals surface area contributed by atoms with Gasteiger partial charge in [-0.15, -0.1) is 0 Å². The summed E-state index contributed by atoms with van der Waals surface area (Å²) in [5.74, 6) is -0.605. The highest BCUT2D eigenvalue weighted by Crippen LogP contribution is 2.40. The van der Waals surface area contributed by atoms with Gasteiger partial charge in [0.05, 0.1) is 25.0 Å². The molecule has 2 heterocycles. The Bertz CT molecular complexity index is 1190. The van der Waals surface area contributed by atoms with Crippen molar-refractivity contribution in [3.05, 3.63) is 59.7 Å². The van der Waals surface area contributed by atoms with Crippen LogP contribution in [0, 0.1) is 0 Å². The van der Waals surface area contributed by atoms with Gasteiger partial charge in [-0.05, 0) is 45.0 Å². The van der Waals surface area contributed by atoms with E-state index in [4.69, 9.17) is 9.47 Å². The molecule has 184 valence electrons. The summed E-state index contributed by atoms with van der Waals surface area (Å²) in [6.07, 6.45) is 1.26. The van der Waals surface area contributed by atoms with E-state index >= 15 is 0 Å². The van der Waals surface area contributed by atoms with Gasteiger partial charge in [0.2, 0.25) is 0 Å². The highest BCUT2D eigenvalue weighted by Gasteiger charge is 2.41. The molecule has 9 heteroatoms. The lowest BCUT2D eigenvalue weighted by atomic mass is 10.1. The van der Waals surface area contributed by atoms with Crippen LogP contribution in [0.4, 0.5) is 21.0 Å². The molecule has 2 aliphatic heterocycles. The fraction of sp³-hybridized carbons (Fsp3) is 0.346. The number of hydrogen-bond acceptors (Lipinski definition) is 5. The molecule has 2 aromatic rings. The lowest BCUT2D eigenvalue weighted by Gasteiger charge is -2.41. The predicted molar refractivity (Wildman–Crippen MR) is 131 cm³/mol. The van der Waals surface area contributed by atoms with Crippen LogP contribution in [-0.2, 0) is 14.3 Å². The van der Waals surface area contributed by atoms with Gasteiger partial charge >= 0.3 is 18.1 Å². The molecule has 0 saturated carbocycles. The number of piperazine rings is 1. The van der Waals surface area contributed by atoms with Crippen molar-refractivity contribution in [3.63, 3.8) is 0 Å². The maximum atomic E-state index is 14.0. The Morgan fingerprint density at radius 3 is 2.29 bits per heavy atom. The second-order valence-electron chi connectivity index (χ2n) is 9.38. The number of anilines is 2. The molecule has 0 aromatic heterocycles. The summed E-state index contributed by atoms with van der Waals surface area (Å²) in [7, 11) is 1.57. The molecule has 35 heavy (non-hydrogen) atoms. The summed E-state index contributed by atoms with van der Waals surface area (Å²) < 4.78 is 11.0. The molecule has 4 rings (SSSR count). The van der Waals surface area contributed by atoms with E-state index in [1.165, 1.54) is 14.7 Å². The number of carbonyl (C=O) groups is 3. The van der Waals surface area contributed by atoms with Crippen LogP contribution in [0.15, 0.2) is 48.5 Å². The molecule has 0 radical (unpaired) electrons. The zero-order valence-corrected chi connectivity index (χ0v) is 20.2. The molecule has 1 N–H and O–H groups in total. The van der Waals surface area contributed by atoms with Crippen LogP contribution >= 0.6 is 0 Å². The lowest BCUT2D eigenvalue weighted by molar-refractivity contribution is -0.144. The van der Waals surface area contributed by atoms with Crippen molar-refractivity contribution in [1.82, 2.24) is 9.80 Å². The number of aliphatic carboxylic acids is 1. The normalized spacial score (nSPS) is 17.5. The minimum Gasteiger partial charge on any atom is -0.496 e. The first kappa shape index (κ1) is 24.1. The van der Waals surface area contributed by atoms with E-state index in [2.05, 4.69) is 0 Å². The molecule has 2 aliphatic rings. The third kappa shape index (κ3) is 4.80. The molecule has 0 unspecified atom stereocenters. The number of rotatable bonds is 2. The minimum atomic E-state index is -1.23. The van der Waals surface area contributed by atoms with Crippen molar-refractivity contribution in [2.45, 2.75) is 32.4 Å². The second kappa shape index (κ2) is 9.32. The van der Waals surface area contributed by atoms with Gasteiger partial charge < -0.3 is 24.4 Å². The van der Waals surface area contributed by atoms with Crippen LogP contribution in [0.3, 0.4) is 0 Å². The third-order valence-corrected chi connectivity index (χ3v) is 5.85. The molecule has 1 saturated heterocycles. The quantitative estimate of drug-likeness (QED) is 0.685. The van der Waals surface area contributed by atoms with Gasteiger partial charge in [0.1, 0.15) is 17.4 Å². The summed E-state index contributed by atoms with van der Waals surface area (Å²) in [6, 6.07) is 13.0. The zero-order valence-electron chi connectivity index (χ0n) is 20.2. The van der Waals surface area contributed by atoms with Crippen molar-refractivity contribution >= 4 is 41.3 Å². The Morgan fingerprint density at radius 1 is 0.971 bits per heavy atom. The first-order valence-electron chi connectivity index (χ1n) is 11.4. The van der Waals surface area contributed by atoms with Gasteiger partial charge in [-0.1, -0.05) is 30.3 Å². The molecule has 0 aliphatic carbocycles. The van der Waals surface area contributed by atoms with E-state index in [0.717, 1.165) is 5.56 Å². The average Bonchev–Trinajstić information content (AvgIpc) is 2.96. The zero-order chi connectivity index (χ0) is 25.3. The lowest BCUT2D eigenvalue weighted by Crippen LogP contribution is -2.61.